The van der Waals surface area contributed by atoms with Crippen LogP contribution in [0.4, 0.5) is 4.79 Å². The third-order valence-electron chi connectivity index (χ3n) is 19.7. The number of likely N-dealkylation sites (tertiary alicyclic amines) is 2. The average molecular weight is 1460 g/mol. The fourth-order valence-corrected chi connectivity index (χ4v) is 14.1. The van der Waals surface area contributed by atoms with Gasteiger partial charge in [-0.1, -0.05) is 50.6 Å². The Bertz CT molecular complexity index is 3850. The quantitative estimate of drug-likeness (QED) is 0.0124. The van der Waals surface area contributed by atoms with Crippen LogP contribution in [0.1, 0.15) is 138 Å². The van der Waals surface area contributed by atoms with Crippen molar-refractivity contribution in [2.75, 3.05) is 78.7 Å². The maximum absolute atomic E-state index is 14.6. The van der Waals surface area contributed by atoms with Gasteiger partial charge in [0.25, 0.3) is 5.56 Å². The number of hydrogen-bond donors (Lipinski definition) is 14. The Morgan fingerprint density at radius 1 is 0.829 bits per heavy atom. The molecule has 9 rings (SSSR count). The van der Waals surface area contributed by atoms with E-state index in [0.717, 1.165) is 42.4 Å². The summed E-state index contributed by atoms with van der Waals surface area (Å²) in [5.41, 5.74) is 12.7. The molecule has 33 nitrogen and oxygen atoms in total. The van der Waals surface area contributed by atoms with Crippen molar-refractivity contribution in [3.05, 3.63) is 92.8 Å². The van der Waals surface area contributed by atoms with Crippen LogP contribution in [-0.4, -0.2) is 216 Å². The number of ether oxygens (including phenoxy) is 4. The van der Waals surface area contributed by atoms with Crippen LogP contribution in [0.15, 0.2) is 59.4 Å². The van der Waals surface area contributed by atoms with E-state index in [0.29, 0.717) is 79.6 Å². The van der Waals surface area contributed by atoms with E-state index in [1.807, 2.05) is 6.92 Å². The molecule has 1 unspecified atom stereocenters. The molecule has 0 saturated carbocycles. The van der Waals surface area contributed by atoms with Gasteiger partial charge in [0.1, 0.15) is 43.8 Å². The number of amides is 7. The van der Waals surface area contributed by atoms with E-state index in [9.17, 15) is 63.0 Å². The molecule has 7 amide bonds. The lowest BCUT2D eigenvalue weighted by atomic mass is 9.85. The summed E-state index contributed by atoms with van der Waals surface area (Å²) in [4.78, 5) is 159. The van der Waals surface area contributed by atoms with E-state index in [1.165, 1.54) is 19.3 Å². The number of pyridine rings is 2. The number of aryl methyl sites for hydroxylation is 1. The van der Waals surface area contributed by atoms with Crippen molar-refractivity contribution >= 4 is 76.3 Å². The van der Waals surface area contributed by atoms with Gasteiger partial charge in [-0.15, -0.1) is 0 Å². The Balaban J connectivity index is 0.772. The number of β-amino-alcohol motifs (C(OH)–C–C–N with tert-alkyl or cyclic N) is 1. The van der Waals surface area contributed by atoms with Crippen LogP contribution in [0.5, 0.6) is 5.75 Å². The van der Waals surface area contributed by atoms with Gasteiger partial charge >= 0.3 is 24.0 Å². The van der Waals surface area contributed by atoms with Crippen molar-refractivity contribution < 1.29 is 77.1 Å². The minimum atomic E-state index is -2.10. The molecular weight excluding hydrogens is 1360 g/mol. The van der Waals surface area contributed by atoms with Gasteiger partial charge in [0.05, 0.1) is 54.1 Å². The number of aliphatic hydroxyl groups excluding tert-OH is 1. The molecule has 105 heavy (non-hydrogen) atoms. The lowest BCUT2D eigenvalue weighted by Crippen LogP contribution is -2.57. The number of esters is 2. The summed E-state index contributed by atoms with van der Waals surface area (Å²) >= 11 is 0. The summed E-state index contributed by atoms with van der Waals surface area (Å²) in [7, 11) is 0. The first-order chi connectivity index (χ1) is 50.6. The summed E-state index contributed by atoms with van der Waals surface area (Å²) in [6, 6.07) is 10.4. The van der Waals surface area contributed by atoms with Crippen molar-refractivity contribution in [3.8, 4) is 17.1 Å². The largest absolute Gasteiger partial charge is 0.481 e. The van der Waals surface area contributed by atoms with E-state index >= 15 is 0 Å². The second-order valence-electron chi connectivity index (χ2n) is 27.1. The number of carboxylic acid groups (broad SMARTS) is 1. The standard InChI is InChI=1S/C72H100N16O17/c1-3-47-48-34-46(104-71(101)87-30-23-45(24-31-87)86-28-11-6-12-29-86)20-21-52(48)84-63-49(47)40-88-57(63)35-51-50(68(88)99)41-103-69(100)72(51,4-2)105-62(94)39-80-65(96)54(17-9-10-25-73)82-60(91)42-102-32-14-27-76-58(89)22-19-44-37-78-53(18-13-26-77-70(74)75)64(95)79-38-59(90)83-56(36-61(92)93)67(98)85-55(66(97)81-44)33-43-15-7-5-8-16-43/h5,7-8,15-16,20-21,34-35,44-45,53-56,59,78,83,90H,3-4,6,9-14,17-19,22-33,36-42,73H2,1-2H3,(H,76,89)(H,79,95)(H,80,96)(H,81,97)(H,82,91)(H,85,98)(H,92,93)(H4,74,75,77)/t44-,53-,54-,55+,56-,59?,72-/m0/s1. The summed E-state index contributed by atoms with van der Waals surface area (Å²) in [6.07, 6.45) is 4.80. The number of aliphatic carboxylic acids is 1. The van der Waals surface area contributed by atoms with Crippen molar-refractivity contribution in [1.82, 2.24) is 67.2 Å². The summed E-state index contributed by atoms with van der Waals surface area (Å²) in [5, 5.41) is 53.1. The van der Waals surface area contributed by atoms with E-state index < -0.39 is 133 Å². The second-order valence-corrected chi connectivity index (χ2v) is 27.1. The fraction of sp³-hybridized carbons (Fsp3) is 0.569. The Labute approximate surface area is 607 Å². The number of carboxylic acids is 1. The zero-order valence-electron chi connectivity index (χ0n) is 59.6. The van der Waals surface area contributed by atoms with Crippen LogP contribution < -0.4 is 69.6 Å². The highest BCUT2D eigenvalue weighted by atomic mass is 16.6. The number of benzene rings is 2. The number of unbranched alkanes of at least 4 members (excludes halogenated alkanes) is 1. The molecule has 7 atom stereocenters. The molecule has 5 aliphatic heterocycles. The molecule has 33 heteroatoms. The summed E-state index contributed by atoms with van der Waals surface area (Å²) in [5.74, 6) is -7.23. The minimum absolute atomic E-state index is 0.00882. The number of aromatic nitrogens is 2. The molecule has 3 saturated heterocycles. The number of nitrogens with zero attached hydrogens (tertiary/aromatic N) is 4. The third-order valence-corrected chi connectivity index (χ3v) is 19.7. The Morgan fingerprint density at radius 2 is 1.58 bits per heavy atom. The van der Waals surface area contributed by atoms with E-state index in [2.05, 4.69) is 52.8 Å². The molecule has 7 heterocycles. The molecule has 5 aliphatic rings. The molecule has 3 fully saturated rings. The molecule has 2 aromatic heterocycles. The topological polar surface area (TPSA) is 474 Å². The van der Waals surface area contributed by atoms with Gasteiger partial charge in [-0.2, -0.15) is 0 Å². The number of carbonyl (C=O) groups is 10. The number of nitrogens with one attached hydrogen (secondary N) is 10. The Kier molecular flexibility index (Phi) is 29.0. The lowest BCUT2D eigenvalue weighted by molar-refractivity contribution is -0.189. The van der Waals surface area contributed by atoms with Gasteiger partial charge in [0, 0.05) is 80.8 Å². The average Bonchev–Trinajstić information content (AvgIpc) is 1.63. The molecule has 570 valence electrons. The molecule has 0 radical (unpaired) electrons. The van der Waals surface area contributed by atoms with Gasteiger partial charge < -0.3 is 97.5 Å². The molecule has 16 N–H and O–H groups in total. The molecular formula is C72H100N16O17. The normalized spacial score (nSPS) is 21.3. The number of guanidine groups is 1. The number of piperidine rings is 2. The Hall–Kier alpha value is -9.67. The highest BCUT2D eigenvalue weighted by Crippen LogP contribution is 2.43. The van der Waals surface area contributed by atoms with Crippen molar-refractivity contribution in [1.29, 1.82) is 5.41 Å². The van der Waals surface area contributed by atoms with Gasteiger partial charge in [-0.25, -0.2) is 14.6 Å². The number of hydrogen-bond acceptors (Lipinski definition) is 22. The first-order valence-electron chi connectivity index (χ1n) is 36.4. The van der Waals surface area contributed by atoms with Gasteiger partial charge in [0.2, 0.25) is 41.0 Å². The van der Waals surface area contributed by atoms with Crippen LogP contribution in [-0.2, 0) is 89.0 Å². The van der Waals surface area contributed by atoms with Gasteiger partial charge in [-0.3, -0.25) is 53.9 Å². The SMILES string of the molecule is CCc1c2c(nc3ccc(OC(=O)N4CCC(N5CCCCC5)CC4)cc13)-c1cc3c(c(=O)n1C2)COC(=O)[C@@]3(CC)OC(=O)CNC(=O)[C@H](CCCCN)NC(=O)COCCCNC(=O)CC[C@H]1CN[C@@H](CCCNC(=N)N)C(=O)NCC(O)N[C@@H](CC(=O)O)C(=O)N[C@H](Cc2ccccc2)C(=O)N1. The predicted octanol–water partition coefficient (Wildman–Crippen LogP) is -0.0100. The van der Waals surface area contributed by atoms with Crippen LogP contribution in [0, 0.1) is 5.41 Å². The number of fused-ring (bicyclic) bond motifs is 5. The van der Waals surface area contributed by atoms with Crippen LogP contribution in [0.3, 0.4) is 0 Å². The summed E-state index contributed by atoms with van der Waals surface area (Å²) < 4.78 is 24.7. The predicted molar refractivity (Wildman–Crippen MR) is 382 cm³/mol. The third kappa shape index (κ3) is 21.5. The Morgan fingerprint density at radius 3 is 2.30 bits per heavy atom. The zero-order valence-corrected chi connectivity index (χ0v) is 59.6. The minimum Gasteiger partial charge on any atom is -0.481 e. The number of nitrogens with two attached hydrogens (primary N) is 2. The van der Waals surface area contributed by atoms with Crippen LogP contribution in [0.2, 0.25) is 0 Å². The van der Waals surface area contributed by atoms with E-state index in [-0.39, 0.29) is 101 Å². The number of cyclic esters (lactones) is 1. The van der Waals surface area contributed by atoms with Crippen LogP contribution in [0.25, 0.3) is 22.3 Å². The number of carbonyl (C=O) groups excluding carboxylic acids is 9. The number of aliphatic hydroxyl groups is 1. The molecule has 0 aliphatic carbocycles. The van der Waals surface area contributed by atoms with E-state index in [4.69, 9.17) is 40.8 Å². The molecule has 0 bridgehead atoms. The molecule has 2 aromatic carbocycles. The van der Waals surface area contributed by atoms with Gasteiger partial charge in [-0.05, 0) is 138 Å². The molecule has 0 spiro atoms. The smallest absolute Gasteiger partial charge is 0.415 e. The van der Waals surface area contributed by atoms with Gasteiger partial charge in [0.15, 0.2) is 5.96 Å². The van der Waals surface area contributed by atoms with Crippen molar-refractivity contribution in [2.24, 2.45) is 11.5 Å². The van der Waals surface area contributed by atoms with Crippen molar-refractivity contribution in [3.63, 3.8) is 0 Å². The second kappa shape index (κ2) is 38.4. The molecule has 4 aromatic rings. The summed E-state index contributed by atoms with van der Waals surface area (Å²) in [6.45, 7) is 5.70. The van der Waals surface area contributed by atoms with Crippen LogP contribution >= 0.6 is 0 Å². The van der Waals surface area contributed by atoms with E-state index in [1.54, 1.807) is 71.0 Å². The first-order valence-corrected chi connectivity index (χ1v) is 36.4. The highest BCUT2D eigenvalue weighted by Gasteiger charge is 2.51. The van der Waals surface area contributed by atoms with Crippen molar-refractivity contribution in [2.45, 2.75) is 184 Å². The maximum atomic E-state index is 14.6. The first kappa shape index (κ1) is 79.4. The monoisotopic (exact) mass is 1460 g/mol. The zero-order chi connectivity index (χ0) is 75.2. The lowest BCUT2D eigenvalue weighted by Gasteiger charge is -2.39. The fourth-order valence-electron chi connectivity index (χ4n) is 14.1. The number of rotatable bonds is 30. The highest BCUT2D eigenvalue weighted by molar-refractivity contribution is 5.94. The maximum Gasteiger partial charge on any atom is 0.415 e.